The van der Waals surface area contributed by atoms with E-state index in [-0.39, 0.29) is 10.2 Å². The highest BCUT2D eigenvalue weighted by molar-refractivity contribution is 7.80. The Balaban J connectivity index is 1.63. The molecule has 6 atom stereocenters. The van der Waals surface area contributed by atoms with Crippen LogP contribution in [0.15, 0.2) is 10.2 Å². The number of fused-ring (bicyclic) bond motifs is 2. The molecular weight excluding hydrogens is 304 g/mol. The van der Waals surface area contributed by atoms with Gasteiger partial charge in [-0.15, -0.1) is 0 Å². The Hall–Kier alpha value is -1.28. The van der Waals surface area contributed by atoms with E-state index >= 15 is 0 Å². The first-order chi connectivity index (χ1) is 10.1. The molecule has 0 heterocycles. The van der Waals surface area contributed by atoms with Gasteiger partial charge in [-0.2, -0.15) is 10.2 Å². The van der Waals surface area contributed by atoms with Crippen molar-refractivity contribution in [2.24, 2.45) is 57.2 Å². The number of nitrogens with two attached hydrogens (primary N) is 2. The van der Waals surface area contributed by atoms with E-state index < -0.39 is 0 Å². The molecule has 0 aromatic heterocycles. The van der Waals surface area contributed by atoms with Crippen molar-refractivity contribution in [2.75, 3.05) is 0 Å². The van der Waals surface area contributed by atoms with E-state index in [0.29, 0.717) is 11.8 Å². The van der Waals surface area contributed by atoms with E-state index in [9.17, 15) is 0 Å². The fourth-order valence-corrected chi connectivity index (χ4v) is 5.51. The minimum absolute atomic E-state index is 0.227. The Morgan fingerprint density at radius 2 is 1.29 bits per heavy atom. The van der Waals surface area contributed by atoms with Gasteiger partial charge in [0.05, 0.1) is 0 Å². The molecule has 0 aliphatic heterocycles. The van der Waals surface area contributed by atoms with Gasteiger partial charge in [0.2, 0.25) is 0 Å². The molecule has 0 aromatic rings. The first kappa shape index (κ1) is 13.4. The van der Waals surface area contributed by atoms with Gasteiger partial charge >= 0.3 is 0 Å². The summed E-state index contributed by atoms with van der Waals surface area (Å²) in [5, 5.41) is 9.39. The normalized spacial score (nSPS) is 45.5. The van der Waals surface area contributed by atoms with Crippen LogP contribution in [0, 0.1) is 35.5 Å². The Kier molecular flexibility index (Phi) is 2.94. The Bertz CT molecular complexity index is 531. The van der Waals surface area contributed by atoms with Crippen molar-refractivity contribution in [3.63, 3.8) is 0 Å². The predicted octanol–water partition coefficient (Wildman–Crippen LogP) is 0.287. The van der Waals surface area contributed by atoms with E-state index in [0.717, 1.165) is 36.5 Å². The molecule has 8 heteroatoms. The van der Waals surface area contributed by atoms with Crippen molar-refractivity contribution in [1.29, 1.82) is 0 Å². The van der Waals surface area contributed by atoms with E-state index in [1.165, 1.54) is 17.8 Å². The number of hydrogen-bond donors (Lipinski definition) is 4. The molecule has 4 aliphatic rings. The summed E-state index contributed by atoms with van der Waals surface area (Å²) in [6.07, 6.45) is 3.47. The number of thiocarbonyl (C=S) groups is 2. The highest BCUT2D eigenvalue weighted by atomic mass is 32.1. The van der Waals surface area contributed by atoms with Crippen LogP contribution in [0.2, 0.25) is 0 Å². The Morgan fingerprint density at radius 3 is 1.67 bits per heavy atom. The number of nitrogens with one attached hydrogen (secondary N) is 2. The lowest BCUT2D eigenvalue weighted by Gasteiger charge is -2.24. The van der Waals surface area contributed by atoms with Crippen molar-refractivity contribution in [2.45, 2.75) is 19.3 Å². The van der Waals surface area contributed by atoms with Crippen LogP contribution in [0.5, 0.6) is 0 Å². The van der Waals surface area contributed by atoms with Crippen LogP contribution in [-0.4, -0.2) is 21.6 Å². The maximum Gasteiger partial charge on any atom is 0.184 e. The summed E-state index contributed by atoms with van der Waals surface area (Å²) in [4.78, 5) is 0. The smallest absolute Gasteiger partial charge is 0.184 e. The number of rotatable bonds is 2. The summed E-state index contributed by atoms with van der Waals surface area (Å²) in [6.45, 7) is 0. The van der Waals surface area contributed by atoms with Gasteiger partial charge in [0, 0.05) is 23.3 Å². The predicted molar refractivity (Wildman–Crippen MR) is 89.5 cm³/mol. The molecule has 2 bridgehead atoms. The quantitative estimate of drug-likeness (QED) is 0.430. The lowest BCUT2D eigenvalue weighted by Crippen LogP contribution is -2.31. The van der Waals surface area contributed by atoms with Gasteiger partial charge in [0.15, 0.2) is 10.2 Å². The highest BCUT2D eigenvalue weighted by Crippen LogP contribution is 2.68. The fraction of sp³-hybridized carbons (Fsp3) is 0.692. The van der Waals surface area contributed by atoms with E-state index in [1.807, 2.05) is 0 Å². The first-order valence-corrected chi connectivity index (χ1v) is 8.11. The summed E-state index contributed by atoms with van der Waals surface area (Å²) in [5.41, 5.74) is 18.9. The standard InChI is InChI=1S/C13H18N6S2/c14-12(20)18-16-8-2-4-5-3-9(17-19-13(15)21)11-7(5)1-6(4)10(8)11/h4-7,10-11H,1-3H2,(H3,14,18,20)(H3,15,19,21)/b16-8+,17-9+/t4-,5+,6-,7+,10-,11+. The molecule has 6 N–H and O–H groups in total. The molecule has 0 amide bonds. The molecule has 6 nitrogen and oxygen atoms in total. The second kappa shape index (κ2) is 4.61. The van der Waals surface area contributed by atoms with Crippen molar-refractivity contribution >= 4 is 46.1 Å². The van der Waals surface area contributed by atoms with Gasteiger partial charge in [0.25, 0.3) is 0 Å². The molecule has 0 spiro atoms. The van der Waals surface area contributed by atoms with Crippen LogP contribution in [0.25, 0.3) is 0 Å². The highest BCUT2D eigenvalue weighted by Gasteiger charge is 2.67. The molecule has 0 saturated heterocycles. The molecule has 4 aliphatic carbocycles. The maximum atomic E-state index is 5.49. The van der Waals surface area contributed by atoms with Crippen LogP contribution >= 0.6 is 24.4 Å². The van der Waals surface area contributed by atoms with Crippen molar-refractivity contribution in [3.05, 3.63) is 0 Å². The van der Waals surface area contributed by atoms with Crippen molar-refractivity contribution < 1.29 is 0 Å². The van der Waals surface area contributed by atoms with Gasteiger partial charge in [-0.1, -0.05) is 0 Å². The van der Waals surface area contributed by atoms with Crippen LogP contribution in [0.4, 0.5) is 0 Å². The fourth-order valence-electron chi connectivity index (χ4n) is 5.42. The molecule has 4 fully saturated rings. The first-order valence-electron chi connectivity index (χ1n) is 7.30. The van der Waals surface area contributed by atoms with Crippen molar-refractivity contribution in [3.8, 4) is 0 Å². The molecule has 4 rings (SSSR count). The Labute approximate surface area is 133 Å². The summed E-state index contributed by atoms with van der Waals surface area (Å²) < 4.78 is 0. The van der Waals surface area contributed by atoms with Crippen molar-refractivity contribution in [1.82, 2.24) is 10.9 Å². The third kappa shape index (κ3) is 1.88. The summed E-state index contributed by atoms with van der Waals surface area (Å²) >= 11 is 9.70. The average Bonchev–Trinajstić information content (AvgIpc) is 3.03. The van der Waals surface area contributed by atoms with Crippen LogP contribution < -0.4 is 22.3 Å². The number of hydrazone groups is 2. The zero-order valence-electron chi connectivity index (χ0n) is 11.5. The zero-order chi connectivity index (χ0) is 14.7. The van der Waals surface area contributed by atoms with E-state index in [2.05, 4.69) is 21.1 Å². The number of nitrogens with zero attached hydrogens (tertiary/aromatic N) is 2. The molecule has 112 valence electrons. The number of hydrogen-bond acceptors (Lipinski definition) is 4. The van der Waals surface area contributed by atoms with Crippen LogP contribution in [0.3, 0.4) is 0 Å². The molecule has 4 saturated carbocycles. The molecular formula is C13H18N6S2. The largest absolute Gasteiger partial charge is 0.375 e. The monoisotopic (exact) mass is 322 g/mol. The molecule has 0 radical (unpaired) electrons. The van der Waals surface area contributed by atoms with Gasteiger partial charge in [-0.25, -0.2) is 0 Å². The zero-order valence-corrected chi connectivity index (χ0v) is 13.1. The molecule has 21 heavy (non-hydrogen) atoms. The second-order valence-electron chi connectivity index (χ2n) is 6.51. The van der Waals surface area contributed by atoms with Gasteiger partial charge < -0.3 is 11.5 Å². The minimum atomic E-state index is 0.227. The topological polar surface area (TPSA) is 101 Å². The Morgan fingerprint density at radius 1 is 0.857 bits per heavy atom. The van der Waals surface area contributed by atoms with Crippen LogP contribution in [-0.2, 0) is 0 Å². The second-order valence-corrected chi connectivity index (χ2v) is 7.39. The van der Waals surface area contributed by atoms with E-state index in [1.54, 1.807) is 0 Å². The summed E-state index contributed by atoms with van der Waals surface area (Å²) in [6, 6.07) is 0. The summed E-state index contributed by atoms with van der Waals surface area (Å²) in [7, 11) is 0. The molecule has 0 aromatic carbocycles. The SMILES string of the molecule is NC(=S)N/N=C1\C[C@H]2[C@H]3C/C(=N\NC(N)=S)[C@H]4[C@@H]3C[C@@H]2[C@@H]14. The molecule has 0 unspecified atom stereocenters. The summed E-state index contributed by atoms with van der Waals surface area (Å²) in [5.74, 6) is 4.00. The minimum Gasteiger partial charge on any atom is -0.375 e. The van der Waals surface area contributed by atoms with Crippen LogP contribution in [0.1, 0.15) is 19.3 Å². The third-order valence-electron chi connectivity index (χ3n) is 5.78. The van der Waals surface area contributed by atoms with Gasteiger partial charge in [0.1, 0.15) is 0 Å². The van der Waals surface area contributed by atoms with E-state index in [4.69, 9.17) is 35.9 Å². The lowest BCUT2D eigenvalue weighted by atomic mass is 9.79. The van der Waals surface area contributed by atoms with Gasteiger partial charge in [-0.05, 0) is 67.4 Å². The third-order valence-corrected chi connectivity index (χ3v) is 5.96. The lowest BCUT2D eigenvalue weighted by molar-refractivity contribution is 0.242. The average molecular weight is 322 g/mol. The maximum absolute atomic E-state index is 5.49. The van der Waals surface area contributed by atoms with Gasteiger partial charge in [-0.3, -0.25) is 10.9 Å².